The first-order valence-electron chi connectivity index (χ1n) is 3.75. The lowest BCUT2D eigenvalue weighted by molar-refractivity contribution is -0.135. The molecule has 1 N–H and O–H groups in total. The number of nitrogens with zero attached hydrogens (tertiary/aromatic N) is 1. The van der Waals surface area contributed by atoms with Crippen molar-refractivity contribution in [3.63, 3.8) is 0 Å². The number of methoxy groups -OCH3 is 1. The largest absolute Gasteiger partial charge is 0.465 e. The maximum Gasteiger partial charge on any atom is 0.350 e. The number of rotatable bonds is 1. The van der Waals surface area contributed by atoms with Crippen LogP contribution in [0.3, 0.4) is 0 Å². The van der Waals surface area contributed by atoms with E-state index in [-0.39, 0.29) is 5.57 Å². The van der Waals surface area contributed by atoms with Crippen LogP contribution in [0.5, 0.6) is 0 Å². The van der Waals surface area contributed by atoms with Crippen molar-refractivity contribution in [2.24, 2.45) is 0 Å². The Labute approximate surface area is 70.8 Å². The van der Waals surface area contributed by atoms with E-state index in [1.165, 1.54) is 7.11 Å². The van der Waals surface area contributed by atoms with E-state index in [0.29, 0.717) is 5.70 Å². The molecule has 0 amide bonds. The molecule has 64 valence electrons. The van der Waals surface area contributed by atoms with Crippen molar-refractivity contribution in [3.05, 3.63) is 11.3 Å². The van der Waals surface area contributed by atoms with E-state index >= 15 is 0 Å². The lowest BCUT2D eigenvalue weighted by Crippen LogP contribution is -2.12. The second-order valence-corrected chi connectivity index (χ2v) is 2.49. The summed E-state index contributed by atoms with van der Waals surface area (Å²) in [5.74, 6) is -0.554. The predicted octanol–water partition coefficient (Wildman–Crippen LogP) is 0.320. The van der Waals surface area contributed by atoms with Crippen molar-refractivity contribution in [2.45, 2.75) is 12.8 Å². The lowest BCUT2D eigenvalue weighted by atomic mass is 10.2. The van der Waals surface area contributed by atoms with Gasteiger partial charge in [0, 0.05) is 12.2 Å². The summed E-state index contributed by atoms with van der Waals surface area (Å²) in [4.78, 5) is 11.0. The highest BCUT2D eigenvalue weighted by Crippen LogP contribution is 2.14. The molecule has 12 heavy (non-hydrogen) atoms. The topological polar surface area (TPSA) is 62.1 Å². The summed E-state index contributed by atoms with van der Waals surface area (Å²) in [5, 5.41) is 11.6. The van der Waals surface area contributed by atoms with Gasteiger partial charge < -0.3 is 10.1 Å². The number of ether oxygens (including phenoxy) is 1. The first kappa shape index (κ1) is 8.60. The molecule has 4 nitrogen and oxygen atoms in total. The number of carbonyl (C=O) groups excluding carboxylic acids is 1. The highest BCUT2D eigenvalue weighted by molar-refractivity contribution is 5.93. The number of hydrogen-bond acceptors (Lipinski definition) is 4. The molecule has 0 aromatic heterocycles. The molecule has 0 unspecified atom stereocenters. The van der Waals surface area contributed by atoms with Gasteiger partial charge in [-0.2, -0.15) is 5.26 Å². The third-order valence-electron chi connectivity index (χ3n) is 1.75. The number of nitrogens with one attached hydrogen (secondary N) is 1. The van der Waals surface area contributed by atoms with Crippen LogP contribution in [0.1, 0.15) is 12.8 Å². The molecule has 0 spiro atoms. The molecule has 1 saturated heterocycles. The number of nitriles is 1. The predicted molar refractivity (Wildman–Crippen MR) is 41.9 cm³/mol. The van der Waals surface area contributed by atoms with Crippen molar-refractivity contribution >= 4 is 5.97 Å². The van der Waals surface area contributed by atoms with Crippen molar-refractivity contribution in [3.8, 4) is 6.07 Å². The van der Waals surface area contributed by atoms with Crippen LogP contribution in [0.25, 0.3) is 0 Å². The summed E-state index contributed by atoms with van der Waals surface area (Å²) in [5.41, 5.74) is 0.819. The third-order valence-corrected chi connectivity index (χ3v) is 1.75. The maximum absolute atomic E-state index is 11.0. The fourth-order valence-corrected chi connectivity index (χ4v) is 1.14. The minimum absolute atomic E-state index is 0.106. The van der Waals surface area contributed by atoms with Crippen molar-refractivity contribution in [1.82, 2.24) is 5.32 Å². The van der Waals surface area contributed by atoms with Gasteiger partial charge >= 0.3 is 5.97 Å². The molecular formula is C8H10N2O2. The lowest BCUT2D eigenvalue weighted by Gasteiger charge is -2.01. The average molecular weight is 166 g/mol. The molecule has 1 aliphatic rings. The standard InChI is InChI=1S/C8H10N2O2/c1-12-8(11)6(5-9)7-3-2-4-10-7/h10H,2-4H2,1H3. The smallest absolute Gasteiger partial charge is 0.350 e. The normalized spacial score (nSPS) is 19.3. The maximum atomic E-state index is 11.0. The molecule has 4 heteroatoms. The van der Waals surface area contributed by atoms with Crippen LogP contribution in [0.4, 0.5) is 0 Å². The zero-order valence-electron chi connectivity index (χ0n) is 6.89. The van der Waals surface area contributed by atoms with Gasteiger partial charge in [0.15, 0.2) is 5.57 Å². The summed E-state index contributed by atoms with van der Waals surface area (Å²) in [6.45, 7) is 0.831. The molecule has 1 rings (SSSR count). The summed E-state index contributed by atoms with van der Waals surface area (Å²) >= 11 is 0. The molecule has 0 aromatic carbocycles. The summed E-state index contributed by atoms with van der Waals surface area (Å²) in [7, 11) is 1.27. The van der Waals surface area contributed by atoms with Crippen molar-refractivity contribution < 1.29 is 9.53 Å². The molecule has 1 aliphatic heterocycles. The Bertz CT molecular complexity index is 255. The van der Waals surface area contributed by atoms with Gasteiger partial charge in [0.25, 0.3) is 0 Å². The van der Waals surface area contributed by atoms with E-state index in [4.69, 9.17) is 5.26 Å². The Hall–Kier alpha value is -1.50. The van der Waals surface area contributed by atoms with E-state index in [2.05, 4.69) is 10.1 Å². The first-order valence-corrected chi connectivity index (χ1v) is 3.75. The Balaban J connectivity index is 2.86. The Morgan fingerprint density at radius 2 is 2.50 bits per heavy atom. The van der Waals surface area contributed by atoms with Crippen LogP contribution in [0, 0.1) is 11.3 Å². The fourth-order valence-electron chi connectivity index (χ4n) is 1.14. The molecule has 0 saturated carbocycles. The van der Waals surface area contributed by atoms with Gasteiger partial charge in [-0.05, 0) is 12.8 Å². The monoisotopic (exact) mass is 166 g/mol. The summed E-state index contributed by atoms with van der Waals surface area (Å²) in [6.07, 6.45) is 1.73. The highest BCUT2D eigenvalue weighted by atomic mass is 16.5. The number of allylic oxidation sites excluding steroid dienone is 1. The van der Waals surface area contributed by atoms with E-state index in [1.807, 2.05) is 6.07 Å². The van der Waals surface area contributed by atoms with Gasteiger partial charge in [-0.15, -0.1) is 0 Å². The summed E-state index contributed by atoms with van der Waals surface area (Å²) in [6, 6.07) is 1.84. The van der Waals surface area contributed by atoms with Crippen LogP contribution in [0.15, 0.2) is 11.3 Å². The van der Waals surface area contributed by atoms with Gasteiger partial charge in [0.2, 0.25) is 0 Å². The van der Waals surface area contributed by atoms with Gasteiger partial charge in [-0.25, -0.2) is 4.79 Å². The van der Waals surface area contributed by atoms with Gasteiger partial charge in [-0.1, -0.05) is 0 Å². The third kappa shape index (κ3) is 1.56. The molecule has 0 radical (unpaired) electrons. The van der Waals surface area contributed by atoms with Gasteiger partial charge in [0.05, 0.1) is 7.11 Å². The molecule has 0 bridgehead atoms. The minimum atomic E-state index is -0.554. The van der Waals surface area contributed by atoms with Crippen molar-refractivity contribution in [1.29, 1.82) is 5.26 Å². The average Bonchev–Trinajstić information content (AvgIpc) is 2.58. The van der Waals surface area contributed by atoms with Crippen molar-refractivity contribution in [2.75, 3.05) is 13.7 Å². The second-order valence-electron chi connectivity index (χ2n) is 2.49. The molecule has 1 fully saturated rings. The Morgan fingerprint density at radius 1 is 1.75 bits per heavy atom. The minimum Gasteiger partial charge on any atom is -0.465 e. The van der Waals surface area contributed by atoms with Gasteiger partial charge in [0.1, 0.15) is 6.07 Å². The van der Waals surface area contributed by atoms with E-state index < -0.39 is 5.97 Å². The van der Waals surface area contributed by atoms with Crippen LogP contribution in [-0.4, -0.2) is 19.6 Å². The van der Waals surface area contributed by atoms with Gasteiger partial charge in [-0.3, -0.25) is 0 Å². The summed E-state index contributed by atoms with van der Waals surface area (Å²) < 4.78 is 4.46. The number of esters is 1. The van der Waals surface area contributed by atoms with Crippen LogP contribution >= 0.6 is 0 Å². The molecule has 0 atom stereocenters. The Kier molecular flexibility index (Phi) is 2.70. The number of hydrogen-bond donors (Lipinski definition) is 1. The highest BCUT2D eigenvalue weighted by Gasteiger charge is 2.18. The van der Waals surface area contributed by atoms with E-state index in [9.17, 15) is 4.79 Å². The first-order chi connectivity index (χ1) is 5.79. The zero-order valence-corrected chi connectivity index (χ0v) is 6.89. The van der Waals surface area contributed by atoms with Crippen LogP contribution < -0.4 is 5.32 Å². The Morgan fingerprint density at radius 3 is 2.92 bits per heavy atom. The number of carbonyl (C=O) groups is 1. The van der Waals surface area contributed by atoms with Crippen LogP contribution in [-0.2, 0) is 9.53 Å². The quantitative estimate of drug-likeness (QED) is 0.346. The second kappa shape index (κ2) is 3.77. The molecular weight excluding hydrogens is 156 g/mol. The SMILES string of the molecule is COC(=O)C(C#N)=C1CCCN1. The molecule has 1 heterocycles. The zero-order chi connectivity index (χ0) is 8.97. The van der Waals surface area contributed by atoms with E-state index in [1.54, 1.807) is 0 Å². The van der Waals surface area contributed by atoms with Crippen LogP contribution in [0.2, 0.25) is 0 Å². The molecule has 0 aliphatic carbocycles. The molecule has 0 aromatic rings. The van der Waals surface area contributed by atoms with E-state index in [0.717, 1.165) is 19.4 Å². The fraction of sp³-hybridized carbons (Fsp3) is 0.500.